The third-order valence-electron chi connectivity index (χ3n) is 4.06. The van der Waals surface area contributed by atoms with Crippen LogP contribution in [-0.2, 0) is 19.1 Å². The number of carbonyl (C=O) groups is 1. The number of aromatic nitrogens is 2. The lowest BCUT2D eigenvalue weighted by Gasteiger charge is -2.10. The number of hydrogen-bond acceptors (Lipinski definition) is 3. The fourth-order valence-electron chi connectivity index (χ4n) is 2.61. The Hall–Kier alpha value is -3.23. The number of ketones is 1. The quantitative estimate of drug-likeness (QED) is 0.515. The number of halogens is 5. The van der Waals surface area contributed by atoms with E-state index in [4.69, 9.17) is 0 Å². The van der Waals surface area contributed by atoms with Gasteiger partial charge in [-0.05, 0) is 36.4 Å². The van der Waals surface area contributed by atoms with Crippen LogP contribution in [0.2, 0.25) is 0 Å². The Labute approximate surface area is 155 Å². The second-order valence-corrected chi connectivity index (χ2v) is 6.04. The Balaban J connectivity index is 1.79. The van der Waals surface area contributed by atoms with Crippen molar-refractivity contribution in [1.82, 2.24) is 9.78 Å². The van der Waals surface area contributed by atoms with Crippen LogP contribution in [0.15, 0.2) is 48.7 Å². The number of phenols is 1. The topological polar surface area (TPSA) is 55.1 Å². The second kappa shape index (κ2) is 7.41. The number of phenolic OH excluding ortho intramolecular Hbond substituents is 1. The van der Waals surface area contributed by atoms with E-state index in [9.17, 15) is 31.9 Å². The van der Waals surface area contributed by atoms with Gasteiger partial charge >= 0.3 is 6.18 Å². The summed E-state index contributed by atoms with van der Waals surface area (Å²) in [6.45, 7) is -0.225. The molecule has 0 saturated heterocycles. The average Bonchev–Trinajstić information content (AvgIpc) is 3.08. The summed E-state index contributed by atoms with van der Waals surface area (Å²) in [6.07, 6.45) is -3.80. The van der Waals surface area contributed by atoms with E-state index in [1.165, 1.54) is 18.3 Å². The Morgan fingerprint density at radius 3 is 2.39 bits per heavy atom. The highest BCUT2D eigenvalue weighted by molar-refractivity contribution is 5.95. The summed E-state index contributed by atoms with van der Waals surface area (Å²) < 4.78 is 66.9. The third-order valence-corrected chi connectivity index (χ3v) is 4.06. The molecule has 0 spiro atoms. The molecule has 1 N–H and O–H groups in total. The van der Waals surface area contributed by atoms with Crippen molar-refractivity contribution < 1.29 is 31.9 Å². The van der Waals surface area contributed by atoms with Crippen LogP contribution < -0.4 is 0 Å². The summed E-state index contributed by atoms with van der Waals surface area (Å²) in [6, 6.07) is 6.98. The first-order valence-corrected chi connectivity index (χ1v) is 8.04. The Kier molecular flexibility index (Phi) is 5.17. The zero-order chi connectivity index (χ0) is 20.5. The fourth-order valence-corrected chi connectivity index (χ4v) is 2.61. The van der Waals surface area contributed by atoms with Gasteiger partial charge in [0.15, 0.2) is 5.78 Å². The normalized spacial score (nSPS) is 11.6. The van der Waals surface area contributed by atoms with Crippen LogP contribution in [0.1, 0.15) is 27.2 Å². The molecule has 28 heavy (non-hydrogen) atoms. The predicted octanol–water partition coefficient (Wildman–Crippen LogP) is 4.36. The average molecular weight is 396 g/mol. The molecule has 0 aliphatic rings. The second-order valence-electron chi connectivity index (χ2n) is 6.04. The lowest BCUT2D eigenvalue weighted by atomic mass is 10.1. The van der Waals surface area contributed by atoms with Gasteiger partial charge < -0.3 is 5.11 Å². The molecule has 0 atom stereocenters. The number of benzene rings is 2. The van der Waals surface area contributed by atoms with E-state index in [0.717, 1.165) is 35.0 Å². The smallest absolute Gasteiger partial charge is 0.416 e. The number of nitrogens with zero attached hydrogens (tertiary/aromatic N) is 2. The van der Waals surface area contributed by atoms with E-state index >= 15 is 0 Å². The lowest BCUT2D eigenvalue weighted by molar-refractivity contribution is -0.137. The van der Waals surface area contributed by atoms with Gasteiger partial charge in [-0.15, -0.1) is 0 Å². The van der Waals surface area contributed by atoms with Crippen molar-refractivity contribution in [2.24, 2.45) is 0 Å². The van der Waals surface area contributed by atoms with Crippen molar-refractivity contribution in [3.05, 3.63) is 82.7 Å². The highest BCUT2D eigenvalue weighted by Gasteiger charge is 2.31. The van der Waals surface area contributed by atoms with E-state index in [-0.39, 0.29) is 23.6 Å². The van der Waals surface area contributed by atoms with Gasteiger partial charge in [-0.1, -0.05) is 6.07 Å². The SMILES string of the molecule is O=C(Cc1c(F)cccc1F)c1ccn(Cc2cc(C(F)(F)F)ccc2O)n1. The highest BCUT2D eigenvalue weighted by atomic mass is 19.4. The van der Waals surface area contributed by atoms with E-state index < -0.39 is 41.1 Å². The Morgan fingerprint density at radius 2 is 1.75 bits per heavy atom. The van der Waals surface area contributed by atoms with Crippen LogP contribution in [0, 0.1) is 11.6 Å². The van der Waals surface area contributed by atoms with Gasteiger partial charge in [0.05, 0.1) is 12.1 Å². The van der Waals surface area contributed by atoms with Gasteiger partial charge in [-0.3, -0.25) is 9.48 Å². The first-order chi connectivity index (χ1) is 13.1. The van der Waals surface area contributed by atoms with E-state index in [2.05, 4.69) is 5.10 Å². The predicted molar refractivity (Wildman–Crippen MR) is 88.8 cm³/mol. The summed E-state index contributed by atoms with van der Waals surface area (Å²) in [5, 5.41) is 13.7. The molecule has 0 radical (unpaired) electrons. The zero-order valence-electron chi connectivity index (χ0n) is 14.2. The van der Waals surface area contributed by atoms with E-state index in [1.807, 2.05) is 0 Å². The molecule has 0 aliphatic carbocycles. The van der Waals surface area contributed by atoms with Crippen LogP contribution in [0.4, 0.5) is 22.0 Å². The standard InChI is InChI=1S/C19H13F5N2O2/c20-14-2-1-3-15(21)13(14)9-18(28)16-6-7-26(25-16)10-11-8-12(19(22,23)24)4-5-17(11)27/h1-8,27H,9-10H2. The van der Waals surface area contributed by atoms with Crippen molar-refractivity contribution in [3.63, 3.8) is 0 Å². The summed E-state index contributed by atoms with van der Waals surface area (Å²) in [5.41, 5.74) is -1.47. The van der Waals surface area contributed by atoms with Gasteiger partial charge in [-0.2, -0.15) is 18.3 Å². The van der Waals surface area contributed by atoms with Crippen molar-refractivity contribution in [2.75, 3.05) is 0 Å². The minimum atomic E-state index is -4.57. The van der Waals surface area contributed by atoms with Crippen LogP contribution in [-0.4, -0.2) is 20.7 Å². The van der Waals surface area contributed by atoms with Crippen LogP contribution in [0.5, 0.6) is 5.75 Å². The minimum absolute atomic E-state index is 0.0444. The van der Waals surface area contributed by atoms with Gasteiger partial charge in [0.1, 0.15) is 23.1 Å². The van der Waals surface area contributed by atoms with Crippen LogP contribution >= 0.6 is 0 Å². The monoisotopic (exact) mass is 396 g/mol. The van der Waals surface area contributed by atoms with Gasteiger partial charge in [-0.25, -0.2) is 8.78 Å². The molecule has 2 aromatic carbocycles. The Morgan fingerprint density at radius 1 is 1.07 bits per heavy atom. The van der Waals surface area contributed by atoms with Crippen molar-refractivity contribution in [3.8, 4) is 5.75 Å². The van der Waals surface area contributed by atoms with Gasteiger partial charge in [0, 0.05) is 23.7 Å². The van der Waals surface area contributed by atoms with Crippen LogP contribution in [0.25, 0.3) is 0 Å². The number of alkyl halides is 3. The molecule has 0 fully saturated rings. The van der Waals surface area contributed by atoms with Crippen molar-refractivity contribution in [2.45, 2.75) is 19.1 Å². The number of Topliss-reactive ketones (excluding diaryl/α,β-unsaturated/α-hetero) is 1. The molecule has 0 bridgehead atoms. The minimum Gasteiger partial charge on any atom is -0.508 e. The molecule has 0 aliphatic heterocycles. The Bertz CT molecular complexity index is 1010. The molecule has 146 valence electrons. The molecular formula is C19H13F5N2O2. The maximum atomic E-state index is 13.7. The molecule has 0 saturated carbocycles. The van der Waals surface area contributed by atoms with E-state index in [1.54, 1.807) is 0 Å². The van der Waals surface area contributed by atoms with Gasteiger partial charge in [0.25, 0.3) is 0 Å². The molecule has 0 unspecified atom stereocenters. The van der Waals surface area contributed by atoms with Crippen LogP contribution in [0.3, 0.4) is 0 Å². The molecule has 1 aromatic heterocycles. The van der Waals surface area contributed by atoms with E-state index in [0.29, 0.717) is 0 Å². The molecule has 9 heteroatoms. The summed E-state index contributed by atoms with van der Waals surface area (Å²) in [4.78, 5) is 12.2. The molecule has 1 heterocycles. The maximum absolute atomic E-state index is 13.7. The highest BCUT2D eigenvalue weighted by Crippen LogP contribution is 2.32. The molecule has 0 amide bonds. The molecule has 4 nitrogen and oxygen atoms in total. The zero-order valence-corrected chi connectivity index (χ0v) is 14.2. The summed E-state index contributed by atoms with van der Waals surface area (Å²) in [7, 11) is 0. The number of hydrogen-bond donors (Lipinski definition) is 1. The molecule has 3 rings (SSSR count). The number of carbonyl (C=O) groups excluding carboxylic acids is 1. The maximum Gasteiger partial charge on any atom is 0.416 e. The third kappa shape index (κ3) is 4.19. The number of aromatic hydroxyl groups is 1. The summed E-state index contributed by atoms with van der Waals surface area (Å²) in [5.74, 6) is -2.73. The van der Waals surface area contributed by atoms with Crippen molar-refractivity contribution in [1.29, 1.82) is 0 Å². The summed E-state index contributed by atoms with van der Waals surface area (Å²) >= 11 is 0. The molecular weight excluding hydrogens is 383 g/mol. The fraction of sp³-hybridized carbons (Fsp3) is 0.158. The lowest BCUT2D eigenvalue weighted by Crippen LogP contribution is -2.10. The first kappa shape index (κ1) is 19.5. The first-order valence-electron chi connectivity index (χ1n) is 8.04. The van der Waals surface area contributed by atoms with Crippen molar-refractivity contribution >= 4 is 5.78 Å². The number of rotatable bonds is 5. The largest absolute Gasteiger partial charge is 0.508 e. The molecule has 3 aromatic rings. The van der Waals surface area contributed by atoms with Gasteiger partial charge in [0.2, 0.25) is 0 Å².